The van der Waals surface area contributed by atoms with Gasteiger partial charge in [-0.3, -0.25) is 4.79 Å². The molecule has 1 aliphatic rings. The number of nitrogens with two attached hydrogens (primary N) is 1. The summed E-state index contributed by atoms with van der Waals surface area (Å²) in [6.07, 6.45) is 0. The van der Waals surface area contributed by atoms with Crippen LogP contribution >= 0.6 is 11.6 Å². The lowest BCUT2D eigenvalue weighted by Crippen LogP contribution is -2.40. The van der Waals surface area contributed by atoms with Crippen LogP contribution in [-0.4, -0.2) is 26.8 Å². The first-order valence-electron chi connectivity index (χ1n) is 6.71. The minimum Gasteiger partial charge on any atom is -0.485 e. The number of hydrogen-bond acceptors (Lipinski definition) is 5. The lowest BCUT2D eigenvalue weighted by Gasteiger charge is -2.20. The molecular formula is C15H11ClN2O5S. The average Bonchev–Trinajstić information content (AvgIpc) is 2.90. The van der Waals surface area contributed by atoms with E-state index < -0.39 is 16.1 Å². The van der Waals surface area contributed by atoms with Crippen LogP contribution in [0.3, 0.4) is 0 Å². The summed E-state index contributed by atoms with van der Waals surface area (Å²) in [5.74, 6) is -0.0322. The van der Waals surface area contributed by atoms with Gasteiger partial charge in [0, 0.05) is 5.02 Å². The predicted octanol–water partition coefficient (Wildman–Crippen LogP) is 2.19. The monoisotopic (exact) mass is 366 g/mol. The Bertz CT molecular complexity index is 941. The van der Waals surface area contributed by atoms with Gasteiger partial charge in [-0.2, -0.15) is 4.31 Å². The van der Waals surface area contributed by atoms with Gasteiger partial charge >= 0.3 is 6.03 Å². The Hall–Kier alpha value is -2.58. The molecule has 1 heterocycles. The highest BCUT2D eigenvalue weighted by Gasteiger charge is 2.32. The molecule has 0 unspecified atom stereocenters. The summed E-state index contributed by atoms with van der Waals surface area (Å²) in [5, 5.41) is 0.376. The number of carbonyl (C=O) groups is 2. The fourth-order valence-electron chi connectivity index (χ4n) is 2.30. The Morgan fingerprint density at radius 3 is 2.46 bits per heavy atom. The van der Waals surface area contributed by atoms with Crippen LogP contribution in [0.1, 0.15) is 10.4 Å². The smallest absolute Gasteiger partial charge is 0.333 e. The van der Waals surface area contributed by atoms with Gasteiger partial charge in [0.1, 0.15) is 5.75 Å². The number of nitrogens with zero attached hydrogens (tertiary/aromatic N) is 1. The number of amides is 2. The number of ketones is 1. The number of benzene rings is 2. The molecule has 2 amide bonds. The zero-order valence-electron chi connectivity index (χ0n) is 12.1. The van der Waals surface area contributed by atoms with E-state index >= 15 is 0 Å². The number of rotatable bonds is 3. The molecular weight excluding hydrogens is 356 g/mol. The van der Waals surface area contributed by atoms with E-state index in [2.05, 4.69) is 0 Å². The summed E-state index contributed by atoms with van der Waals surface area (Å²) in [5.41, 5.74) is 5.44. The summed E-state index contributed by atoms with van der Waals surface area (Å²) in [7, 11) is -4.30. The minimum absolute atomic E-state index is 0.0370. The van der Waals surface area contributed by atoms with Crippen LogP contribution in [0, 0.1) is 0 Å². The van der Waals surface area contributed by atoms with E-state index in [1.54, 1.807) is 0 Å². The fourth-order valence-corrected chi connectivity index (χ4v) is 3.78. The number of primary amides is 1. The first-order valence-corrected chi connectivity index (χ1v) is 8.53. The average molecular weight is 367 g/mol. The highest BCUT2D eigenvalue weighted by atomic mass is 35.5. The molecule has 124 valence electrons. The van der Waals surface area contributed by atoms with Gasteiger partial charge in [-0.05, 0) is 42.5 Å². The van der Waals surface area contributed by atoms with Crippen LogP contribution in [0.2, 0.25) is 5.02 Å². The van der Waals surface area contributed by atoms with E-state index in [-0.39, 0.29) is 28.5 Å². The van der Waals surface area contributed by atoms with Crippen molar-refractivity contribution in [1.29, 1.82) is 0 Å². The highest BCUT2D eigenvalue weighted by molar-refractivity contribution is 7.93. The van der Waals surface area contributed by atoms with Crippen LogP contribution in [0.25, 0.3) is 0 Å². The second kappa shape index (κ2) is 5.81. The standard InChI is InChI=1S/C15H11ClN2O5S/c16-9-1-3-10(4-2-9)18(15(17)20)24(21,22)11-5-6-14-12(7-11)13(19)8-23-14/h1-7H,8H2,(H2,17,20). The number of Topliss-reactive ketones (excluding diaryl/α,β-unsaturated/α-hetero) is 1. The van der Waals surface area contributed by atoms with Gasteiger partial charge in [0.2, 0.25) is 5.78 Å². The van der Waals surface area contributed by atoms with Crippen molar-refractivity contribution >= 4 is 39.1 Å². The normalized spacial score (nSPS) is 13.3. The Kier molecular flexibility index (Phi) is 3.94. The first kappa shape index (κ1) is 16.3. The van der Waals surface area contributed by atoms with Crippen molar-refractivity contribution < 1.29 is 22.7 Å². The first-order chi connectivity index (χ1) is 11.3. The predicted molar refractivity (Wildman–Crippen MR) is 87.0 cm³/mol. The minimum atomic E-state index is -4.30. The molecule has 0 saturated carbocycles. The Labute approximate surface area is 142 Å². The van der Waals surface area contributed by atoms with Crippen molar-refractivity contribution in [3.63, 3.8) is 0 Å². The van der Waals surface area contributed by atoms with E-state index in [0.717, 1.165) is 0 Å². The number of sulfonamides is 1. The van der Waals surface area contributed by atoms with Crippen molar-refractivity contribution in [3.05, 3.63) is 53.1 Å². The zero-order valence-corrected chi connectivity index (χ0v) is 13.7. The summed E-state index contributed by atoms with van der Waals surface area (Å²) < 4.78 is 31.2. The SMILES string of the molecule is NC(=O)N(c1ccc(Cl)cc1)S(=O)(=O)c1ccc2c(c1)C(=O)CO2. The lowest BCUT2D eigenvalue weighted by atomic mass is 10.1. The van der Waals surface area contributed by atoms with Crippen molar-refractivity contribution in [2.75, 3.05) is 10.9 Å². The van der Waals surface area contributed by atoms with Gasteiger partial charge in [-0.25, -0.2) is 13.2 Å². The molecule has 2 N–H and O–H groups in total. The third-order valence-corrected chi connectivity index (χ3v) is 5.38. The summed E-state index contributed by atoms with van der Waals surface area (Å²) in [6, 6.07) is 8.18. The Morgan fingerprint density at radius 2 is 1.83 bits per heavy atom. The van der Waals surface area contributed by atoms with Gasteiger partial charge in [0.25, 0.3) is 10.0 Å². The molecule has 0 fully saturated rings. The van der Waals surface area contributed by atoms with Gasteiger partial charge in [0.15, 0.2) is 6.61 Å². The highest BCUT2D eigenvalue weighted by Crippen LogP contribution is 2.31. The second-order valence-electron chi connectivity index (χ2n) is 4.95. The number of ether oxygens (including phenoxy) is 1. The van der Waals surface area contributed by atoms with Gasteiger partial charge in [0.05, 0.1) is 16.1 Å². The van der Waals surface area contributed by atoms with Crippen LogP contribution in [0.4, 0.5) is 10.5 Å². The number of hydrogen-bond donors (Lipinski definition) is 1. The van der Waals surface area contributed by atoms with Crippen molar-refractivity contribution in [1.82, 2.24) is 0 Å². The maximum Gasteiger partial charge on any atom is 0.333 e. The van der Waals surface area contributed by atoms with Gasteiger partial charge in [-0.15, -0.1) is 0 Å². The number of halogens is 1. The number of fused-ring (bicyclic) bond motifs is 1. The Morgan fingerprint density at radius 1 is 1.17 bits per heavy atom. The third-order valence-electron chi connectivity index (χ3n) is 3.41. The molecule has 0 aromatic heterocycles. The van der Waals surface area contributed by atoms with Gasteiger partial charge in [-0.1, -0.05) is 11.6 Å². The van der Waals surface area contributed by atoms with E-state index in [9.17, 15) is 18.0 Å². The van der Waals surface area contributed by atoms with Crippen LogP contribution in [0.15, 0.2) is 47.4 Å². The molecule has 7 nitrogen and oxygen atoms in total. The van der Waals surface area contributed by atoms with Crippen molar-refractivity contribution in [2.45, 2.75) is 4.90 Å². The summed E-state index contributed by atoms with van der Waals surface area (Å²) in [6.45, 7) is -0.143. The maximum absolute atomic E-state index is 12.8. The van der Waals surface area contributed by atoms with Crippen LogP contribution in [-0.2, 0) is 10.0 Å². The van der Waals surface area contributed by atoms with Crippen molar-refractivity contribution in [2.24, 2.45) is 5.73 Å². The summed E-state index contributed by atoms with van der Waals surface area (Å²) >= 11 is 5.77. The molecule has 2 aromatic carbocycles. The number of anilines is 1. The van der Waals surface area contributed by atoms with E-state index in [0.29, 0.717) is 15.1 Å². The maximum atomic E-state index is 12.8. The Balaban J connectivity index is 2.10. The van der Waals surface area contributed by atoms with Crippen molar-refractivity contribution in [3.8, 4) is 5.75 Å². The molecule has 2 aromatic rings. The summed E-state index contributed by atoms with van der Waals surface area (Å²) in [4.78, 5) is 23.2. The zero-order chi connectivity index (χ0) is 17.5. The largest absolute Gasteiger partial charge is 0.485 e. The topological polar surface area (TPSA) is 107 Å². The van der Waals surface area contributed by atoms with E-state index in [4.69, 9.17) is 22.1 Å². The lowest BCUT2D eigenvalue weighted by molar-refractivity contribution is 0.0961. The molecule has 0 radical (unpaired) electrons. The quantitative estimate of drug-likeness (QED) is 0.895. The fraction of sp³-hybridized carbons (Fsp3) is 0.0667. The molecule has 24 heavy (non-hydrogen) atoms. The third kappa shape index (κ3) is 2.70. The molecule has 3 rings (SSSR count). The van der Waals surface area contributed by atoms with E-state index in [1.165, 1.54) is 42.5 Å². The molecule has 0 spiro atoms. The molecule has 0 saturated heterocycles. The molecule has 0 aliphatic carbocycles. The molecule has 1 aliphatic heterocycles. The van der Waals surface area contributed by atoms with Crippen LogP contribution < -0.4 is 14.8 Å². The number of urea groups is 1. The molecule has 0 atom stereocenters. The van der Waals surface area contributed by atoms with E-state index in [1.807, 2.05) is 0 Å². The van der Waals surface area contributed by atoms with Gasteiger partial charge < -0.3 is 10.5 Å². The second-order valence-corrected chi connectivity index (χ2v) is 7.18. The molecule has 9 heteroatoms. The molecule has 0 bridgehead atoms. The van der Waals surface area contributed by atoms with Crippen LogP contribution in [0.5, 0.6) is 5.75 Å². The number of carbonyl (C=O) groups excluding carboxylic acids is 2.